The molecule has 0 bridgehead atoms. The number of carbonyl (C=O) groups is 2. The molecule has 2 rings (SSSR count). The van der Waals surface area contributed by atoms with Gasteiger partial charge in [0.25, 0.3) is 0 Å². The summed E-state index contributed by atoms with van der Waals surface area (Å²) in [5.41, 5.74) is 0.253. The van der Waals surface area contributed by atoms with Crippen LogP contribution in [-0.2, 0) is 20.7 Å². The van der Waals surface area contributed by atoms with Crippen molar-refractivity contribution in [3.05, 3.63) is 39.6 Å². The Morgan fingerprint density at radius 2 is 2.04 bits per heavy atom. The van der Waals surface area contributed by atoms with Crippen LogP contribution in [0.15, 0.2) is 23.3 Å². The van der Waals surface area contributed by atoms with Crippen molar-refractivity contribution in [3.63, 3.8) is 0 Å². The first-order valence-corrected chi connectivity index (χ1v) is 7.99. The summed E-state index contributed by atoms with van der Waals surface area (Å²) in [6.45, 7) is 3.69. The molecule has 1 aromatic carbocycles. The molecule has 10 nitrogen and oxygen atoms in total. The summed E-state index contributed by atoms with van der Waals surface area (Å²) in [5, 5.41) is 18.2. The number of nitro groups is 1. The molecule has 0 unspecified atom stereocenters. The number of rotatable bonds is 6. The molecule has 1 N–H and O–H groups in total. The highest BCUT2D eigenvalue weighted by molar-refractivity contribution is 6.40. The van der Waals surface area contributed by atoms with E-state index in [1.54, 1.807) is 0 Å². The van der Waals surface area contributed by atoms with Crippen molar-refractivity contribution in [2.75, 3.05) is 14.2 Å². The summed E-state index contributed by atoms with van der Waals surface area (Å²) in [5.74, 6) is -1.17. The van der Waals surface area contributed by atoms with Gasteiger partial charge in [-0.3, -0.25) is 19.7 Å². The van der Waals surface area contributed by atoms with Crippen molar-refractivity contribution in [3.8, 4) is 5.75 Å². The molecule has 0 saturated carbocycles. The van der Waals surface area contributed by atoms with Crippen LogP contribution in [-0.4, -0.2) is 42.9 Å². The van der Waals surface area contributed by atoms with Gasteiger partial charge in [-0.2, -0.15) is 0 Å². The number of esters is 1. The molecule has 1 aromatic rings. The van der Waals surface area contributed by atoms with Gasteiger partial charge >= 0.3 is 17.6 Å². The lowest BCUT2D eigenvalue weighted by atomic mass is 10.0. The standard InChI is InChI=1S/C17H19N4O6/c1-9(2)19-16-17(23)20-12(8-18-16)11-5-10(7-14(22)26-3)6-13(21(24)25)15(11)27-4/h5-6,8-9H,7H2,1-4H3,(H,18,19). The van der Waals surface area contributed by atoms with E-state index in [-0.39, 0.29) is 41.0 Å². The fourth-order valence-electron chi connectivity index (χ4n) is 2.43. The SMILES string of the molecule is COC(=O)Cc1cc(C2=CN=C(NC(C)C)C(=O)[N]2)c(OC)c([N+](=O)[O-])c1. The van der Waals surface area contributed by atoms with Crippen molar-refractivity contribution in [2.45, 2.75) is 26.3 Å². The van der Waals surface area contributed by atoms with Crippen LogP contribution < -0.4 is 15.4 Å². The van der Waals surface area contributed by atoms with E-state index in [2.05, 4.69) is 20.4 Å². The summed E-state index contributed by atoms with van der Waals surface area (Å²) in [6.07, 6.45) is 1.13. The third-order valence-electron chi connectivity index (χ3n) is 3.55. The zero-order valence-corrected chi connectivity index (χ0v) is 15.3. The third-order valence-corrected chi connectivity index (χ3v) is 3.55. The quantitative estimate of drug-likeness (QED) is 0.448. The number of amidine groups is 1. The van der Waals surface area contributed by atoms with Gasteiger partial charge in [-0.25, -0.2) is 10.3 Å². The van der Waals surface area contributed by atoms with E-state index < -0.39 is 16.8 Å². The number of ether oxygens (including phenoxy) is 2. The summed E-state index contributed by atoms with van der Waals surface area (Å²) in [7, 11) is 2.49. The van der Waals surface area contributed by atoms with E-state index in [0.29, 0.717) is 5.56 Å². The van der Waals surface area contributed by atoms with E-state index in [9.17, 15) is 19.7 Å². The number of nitrogens with zero attached hydrogens (tertiary/aromatic N) is 3. The Bertz CT molecular complexity index is 844. The Morgan fingerprint density at radius 1 is 1.33 bits per heavy atom. The molecule has 0 spiro atoms. The molecule has 1 amide bonds. The minimum Gasteiger partial charge on any atom is -0.490 e. The van der Waals surface area contributed by atoms with Crippen molar-refractivity contribution in [2.24, 2.45) is 4.99 Å². The maximum absolute atomic E-state index is 12.2. The van der Waals surface area contributed by atoms with Crippen molar-refractivity contribution >= 4 is 29.1 Å². The second kappa shape index (κ2) is 8.30. The van der Waals surface area contributed by atoms with Gasteiger partial charge in [-0.05, 0) is 25.5 Å². The second-order valence-corrected chi connectivity index (χ2v) is 5.91. The van der Waals surface area contributed by atoms with Crippen LogP contribution in [0.5, 0.6) is 5.75 Å². The number of benzene rings is 1. The van der Waals surface area contributed by atoms with Gasteiger partial charge in [-0.1, -0.05) is 0 Å². The number of carbonyl (C=O) groups excluding carboxylic acids is 2. The highest BCUT2D eigenvalue weighted by atomic mass is 16.6. The van der Waals surface area contributed by atoms with E-state index in [0.717, 1.165) is 0 Å². The number of methoxy groups -OCH3 is 2. The Morgan fingerprint density at radius 3 is 2.56 bits per heavy atom. The third kappa shape index (κ3) is 4.60. The number of aliphatic imine (C=N–C) groups is 1. The van der Waals surface area contributed by atoms with Crippen LogP contribution in [0.2, 0.25) is 0 Å². The van der Waals surface area contributed by atoms with Crippen LogP contribution in [0.25, 0.3) is 5.70 Å². The number of hydrogen-bond donors (Lipinski definition) is 1. The molecule has 0 fully saturated rings. The minimum atomic E-state index is -0.636. The highest BCUT2D eigenvalue weighted by Crippen LogP contribution is 2.36. The lowest BCUT2D eigenvalue weighted by Crippen LogP contribution is -2.41. The molecule has 27 heavy (non-hydrogen) atoms. The smallest absolute Gasteiger partial charge is 0.313 e. The van der Waals surface area contributed by atoms with E-state index in [1.807, 2.05) is 13.8 Å². The first kappa shape index (κ1) is 19.9. The van der Waals surface area contributed by atoms with Crippen LogP contribution in [0.1, 0.15) is 25.0 Å². The predicted octanol–water partition coefficient (Wildman–Crippen LogP) is 1.16. The zero-order valence-electron chi connectivity index (χ0n) is 15.3. The molecule has 1 radical (unpaired) electrons. The van der Waals surface area contributed by atoms with E-state index in [4.69, 9.17) is 4.74 Å². The summed E-state index contributed by atoms with van der Waals surface area (Å²) in [6, 6.07) is 2.69. The molecular formula is C17H19N4O6. The van der Waals surface area contributed by atoms with Crippen molar-refractivity contribution in [1.82, 2.24) is 10.6 Å². The average molecular weight is 375 g/mol. The van der Waals surface area contributed by atoms with Gasteiger partial charge < -0.3 is 14.8 Å². The predicted molar refractivity (Wildman–Crippen MR) is 96.2 cm³/mol. The number of amides is 1. The average Bonchev–Trinajstić information content (AvgIpc) is 2.62. The van der Waals surface area contributed by atoms with Crippen molar-refractivity contribution < 1.29 is 24.0 Å². The van der Waals surface area contributed by atoms with Gasteiger partial charge in [-0.15, -0.1) is 0 Å². The van der Waals surface area contributed by atoms with E-state index in [1.165, 1.54) is 32.6 Å². The van der Waals surface area contributed by atoms with Crippen LogP contribution >= 0.6 is 0 Å². The second-order valence-electron chi connectivity index (χ2n) is 5.91. The number of nitro benzene ring substituents is 1. The van der Waals surface area contributed by atoms with Crippen LogP contribution in [0.3, 0.4) is 0 Å². The van der Waals surface area contributed by atoms with Crippen molar-refractivity contribution in [1.29, 1.82) is 0 Å². The fraction of sp³-hybridized carbons (Fsp3) is 0.353. The molecule has 0 atom stereocenters. The maximum Gasteiger partial charge on any atom is 0.313 e. The Kier molecular flexibility index (Phi) is 6.11. The van der Waals surface area contributed by atoms with Gasteiger partial charge in [0.1, 0.15) is 0 Å². The van der Waals surface area contributed by atoms with Gasteiger partial charge in [0, 0.05) is 12.1 Å². The summed E-state index contributed by atoms with van der Waals surface area (Å²) in [4.78, 5) is 38.6. The molecule has 1 heterocycles. The Balaban J connectivity index is 2.55. The molecule has 143 valence electrons. The van der Waals surface area contributed by atoms with Gasteiger partial charge in [0.15, 0.2) is 5.84 Å². The van der Waals surface area contributed by atoms with Crippen LogP contribution in [0.4, 0.5) is 5.69 Å². The molecule has 1 aliphatic heterocycles. The molecule has 0 saturated heterocycles. The van der Waals surface area contributed by atoms with Gasteiger partial charge in [0.2, 0.25) is 5.75 Å². The highest BCUT2D eigenvalue weighted by Gasteiger charge is 2.28. The lowest BCUT2D eigenvalue weighted by Gasteiger charge is -2.18. The monoisotopic (exact) mass is 375 g/mol. The number of hydrogen-bond acceptors (Lipinski definition) is 8. The van der Waals surface area contributed by atoms with Crippen LogP contribution in [0, 0.1) is 10.1 Å². The molecular weight excluding hydrogens is 356 g/mol. The Labute approximate surface area is 155 Å². The molecule has 0 aliphatic carbocycles. The van der Waals surface area contributed by atoms with Gasteiger partial charge in [0.05, 0.1) is 43.0 Å². The number of nitrogens with one attached hydrogen (secondary N) is 1. The summed E-state index contributed by atoms with van der Waals surface area (Å²) >= 11 is 0. The normalized spacial score (nSPS) is 13.4. The molecule has 10 heteroatoms. The largest absolute Gasteiger partial charge is 0.490 e. The maximum atomic E-state index is 12.2. The Hall–Kier alpha value is -3.43. The minimum absolute atomic E-state index is 0.0168. The first-order valence-electron chi connectivity index (χ1n) is 7.99. The topological polar surface area (TPSA) is 134 Å². The molecule has 0 aromatic heterocycles. The van der Waals surface area contributed by atoms with E-state index >= 15 is 0 Å². The zero-order chi connectivity index (χ0) is 20.1. The lowest BCUT2D eigenvalue weighted by molar-refractivity contribution is -0.385. The first-order chi connectivity index (χ1) is 12.8. The molecule has 1 aliphatic rings. The fourth-order valence-corrected chi connectivity index (χ4v) is 2.43. The summed E-state index contributed by atoms with van der Waals surface area (Å²) < 4.78 is 9.77.